The second kappa shape index (κ2) is 7.62. The lowest BCUT2D eigenvalue weighted by Crippen LogP contribution is -2.42. The molecule has 0 bridgehead atoms. The molecular weight excluding hydrogens is 424 g/mol. The molecule has 2 aromatic rings. The van der Waals surface area contributed by atoms with Gasteiger partial charge in [-0.2, -0.15) is 5.26 Å². The number of anilines is 1. The number of nitrogens with zero attached hydrogens (tertiary/aromatic N) is 2. The third-order valence-electron chi connectivity index (χ3n) is 5.94. The van der Waals surface area contributed by atoms with Crippen molar-refractivity contribution >= 4 is 21.5 Å². The highest BCUT2D eigenvalue weighted by atomic mass is 32.2. The van der Waals surface area contributed by atoms with Crippen molar-refractivity contribution < 1.29 is 13.2 Å². The number of hydrogen-bond donors (Lipinski definition) is 2. The molecule has 8 heteroatoms. The first-order valence-electron chi connectivity index (χ1n) is 10.2. The number of benzene rings is 2. The van der Waals surface area contributed by atoms with E-state index in [0.717, 1.165) is 11.3 Å². The maximum absolute atomic E-state index is 13.4. The highest BCUT2D eigenvalue weighted by Gasteiger charge is 2.44. The van der Waals surface area contributed by atoms with E-state index >= 15 is 0 Å². The van der Waals surface area contributed by atoms with Gasteiger partial charge in [0.05, 0.1) is 22.5 Å². The van der Waals surface area contributed by atoms with Crippen LogP contribution in [0.3, 0.4) is 0 Å². The quantitative estimate of drug-likeness (QED) is 0.741. The van der Waals surface area contributed by atoms with Gasteiger partial charge in [-0.3, -0.25) is 9.69 Å². The van der Waals surface area contributed by atoms with Crippen LogP contribution in [0.1, 0.15) is 38.2 Å². The zero-order valence-electron chi connectivity index (χ0n) is 17.9. The monoisotopic (exact) mass is 448 g/mol. The number of ketones is 1. The van der Waals surface area contributed by atoms with Crippen LogP contribution in [0.15, 0.2) is 82.2 Å². The maximum Gasteiger partial charge on any atom is 0.238 e. The molecule has 2 aromatic carbocycles. The van der Waals surface area contributed by atoms with Crippen molar-refractivity contribution in [2.45, 2.75) is 37.5 Å². The minimum atomic E-state index is -3.86. The van der Waals surface area contributed by atoms with Crippen LogP contribution in [0.4, 0.5) is 5.69 Å². The van der Waals surface area contributed by atoms with Gasteiger partial charge in [0.25, 0.3) is 0 Å². The molecule has 4 N–H and O–H groups in total. The van der Waals surface area contributed by atoms with E-state index in [-0.39, 0.29) is 21.9 Å². The highest BCUT2D eigenvalue weighted by molar-refractivity contribution is 7.89. The molecule has 1 aliphatic heterocycles. The summed E-state index contributed by atoms with van der Waals surface area (Å²) in [5.41, 5.74) is 9.25. The van der Waals surface area contributed by atoms with Crippen molar-refractivity contribution in [2.24, 2.45) is 16.3 Å². The van der Waals surface area contributed by atoms with Crippen LogP contribution in [0.2, 0.25) is 0 Å². The number of nitrogens with two attached hydrogens (primary N) is 2. The van der Waals surface area contributed by atoms with Crippen LogP contribution in [-0.4, -0.2) is 14.2 Å². The Morgan fingerprint density at radius 2 is 1.69 bits per heavy atom. The Bertz CT molecular complexity index is 1300. The molecule has 0 aromatic heterocycles. The summed E-state index contributed by atoms with van der Waals surface area (Å²) in [6.07, 6.45) is 0.944. The van der Waals surface area contributed by atoms with Crippen molar-refractivity contribution in [2.75, 3.05) is 4.90 Å². The van der Waals surface area contributed by atoms with Gasteiger partial charge in [0, 0.05) is 23.4 Å². The van der Waals surface area contributed by atoms with Crippen LogP contribution in [0.25, 0.3) is 0 Å². The van der Waals surface area contributed by atoms with Crippen LogP contribution in [0.5, 0.6) is 0 Å². The summed E-state index contributed by atoms with van der Waals surface area (Å²) in [7, 11) is -3.86. The van der Waals surface area contributed by atoms with Gasteiger partial charge >= 0.3 is 0 Å². The lowest BCUT2D eigenvalue weighted by molar-refractivity contribution is -0.118. The number of rotatable bonds is 3. The lowest BCUT2D eigenvalue weighted by Gasteiger charge is -2.43. The molecule has 1 heterocycles. The molecule has 0 saturated heterocycles. The van der Waals surface area contributed by atoms with Gasteiger partial charge in [0.2, 0.25) is 10.0 Å². The zero-order chi connectivity index (χ0) is 23.3. The van der Waals surface area contributed by atoms with Gasteiger partial charge in [-0.1, -0.05) is 44.2 Å². The Labute approximate surface area is 187 Å². The Morgan fingerprint density at radius 1 is 1.06 bits per heavy atom. The summed E-state index contributed by atoms with van der Waals surface area (Å²) in [6.45, 7) is 4.04. The normalized spacial score (nSPS) is 20.8. The largest absolute Gasteiger partial charge is 0.384 e. The third-order valence-corrected chi connectivity index (χ3v) is 6.87. The maximum atomic E-state index is 13.4. The average Bonchev–Trinajstić information content (AvgIpc) is 2.72. The van der Waals surface area contributed by atoms with Gasteiger partial charge in [-0.25, -0.2) is 13.6 Å². The summed E-state index contributed by atoms with van der Waals surface area (Å²) < 4.78 is 23.3. The fourth-order valence-electron chi connectivity index (χ4n) is 4.57. The second-order valence-electron chi connectivity index (χ2n) is 8.93. The number of sulfonamides is 1. The minimum Gasteiger partial charge on any atom is -0.384 e. The van der Waals surface area contributed by atoms with Crippen LogP contribution in [0, 0.1) is 16.7 Å². The van der Waals surface area contributed by atoms with Gasteiger partial charge in [0.1, 0.15) is 5.82 Å². The summed E-state index contributed by atoms with van der Waals surface area (Å²) in [6, 6.07) is 17.6. The molecule has 0 amide bonds. The molecule has 1 aliphatic carbocycles. The van der Waals surface area contributed by atoms with E-state index in [1.54, 1.807) is 17.0 Å². The van der Waals surface area contributed by atoms with Crippen LogP contribution >= 0.6 is 0 Å². The van der Waals surface area contributed by atoms with Gasteiger partial charge < -0.3 is 5.73 Å². The van der Waals surface area contributed by atoms with E-state index in [4.69, 9.17) is 10.9 Å². The summed E-state index contributed by atoms with van der Waals surface area (Å²) in [5, 5.41) is 15.3. The number of carbonyl (C=O) groups excluding carboxylic acids is 1. The Hall–Kier alpha value is -3.41. The molecule has 0 spiro atoms. The van der Waals surface area contributed by atoms with Gasteiger partial charge in [0.15, 0.2) is 5.78 Å². The molecule has 0 saturated carbocycles. The van der Waals surface area contributed by atoms with Crippen LogP contribution < -0.4 is 15.8 Å². The second-order valence-corrected chi connectivity index (χ2v) is 10.5. The molecule has 7 nitrogen and oxygen atoms in total. The summed E-state index contributed by atoms with van der Waals surface area (Å²) in [5.74, 6) is -0.329. The smallest absolute Gasteiger partial charge is 0.238 e. The van der Waals surface area contributed by atoms with Crippen molar-refractivity contribution in [3.05, 3.63) is 82.8 Å². The fraction of sp³-hybridized carbons (Fsp3) is 0.250. The van der Waals surface area contributed by atoms with Crippen molar-refractivity contribution in [1.82, 2.24) is 0 Å². The third kappa shape index (κ3) is 3.70. The predicted molar refractivity (Wildman–Crippen MR) is 121 cm³/mol. The van der Waals surface area contributed by atoms with E-state index in [1.165, 1.54) is 12.1 Å². The topological polar surface area (TPSA) is 130 Å². The molecule has 1 unspecified atom stereocenters. The Morgan fingerprint density at radius 3 is 2.25 bits per heavy atom. The molecule has 32 heavy (non-hydrogen) atoms. The van der Waals surface area contributed by atoms with E-state index in [9.17, 15) is 18.5 Å². The number of primary sulfonamides is 1. The number of hydrogen-bond acceptors (Lipinski definition) is 6. The molecule has 0 radical (unpaired) electrons. The summed E-state index contributed by atoms with van der Waals surface area (Å²) in [4.78, 5) is 15.1. The van der Waals surface area contributed by atoms with E-state index < -0.39 is 15.9 Å². The van der Waals surface area contributed by atoms with E-state index in [0.29, 0.717) is 29.7 Å². The SMILES string of the molecule is CC1(C)CC(=O)C2=C(C1)N(c1ccc(S(N)(=O)=O)cc1)C(N)=C(C#N)C2c1ccccc1. The first-order chi connectivity index (χ1) is 15.0. The first kappa shape index (κ1) is 21.8. The number of nitriles is 1. The molecule has 0 fully saturated rings. The number of allylic oxidation sites excluding steroid dienone is 3. The van der Waals surface area contributed by atoms with Crippen LogP contribution in [-0.2, 0) is 14.8 Å². The molecule has 1 atom stereocenters. The number of Topliss-reactive ketones (excluding diaryl/α,β-unsaturated/α-hetero) is 1. The Balaban J connectivity index is 1.96. The fourth-order valence-corrected chi connectivity index (χ4v) is 5.08. The van der Waals surface area contributed by atoms with Crippen molar-refractivity contribution in [3.63, 3.8) is 0 Å². The van der Waals surface area contributed by atoms with Gasteiger partial charge in [-0.15, -0.1) is 0 Å². The van der Waals surface area contributed by atoms with Crippen molar-refractivity contribution in [3.8, 4) is 6.07 Å². The highest BCUT2D eigenvalue weighted by Crippen LogP contribution is 2.50. The number of carbonyl (C=O) groups is 1. The summed E-state index contributed by atoms with van der Waals surface area (Å²) >= 11 is 0. The molecule has 164 valence electrons. The molecule has 2 aliphatic rings. The van der Waals surface area contributed by atoms with Crippen molar-refractivity contribution in [1.29, 1.82) is 5.26 Å². The Kier molecular flexibility index (Phi) is 5.19. The van der Waals surface area contributed by atoms with E-state index in [1.807, 2.05) is 44.2 Å². The first-order valence-corrected chi connectivity index (χ1v) is 11.7. The standard InChI is InChI=1S/C24H24N4O3S/c1-24(2)12-19-22(20(29)13-24)21(15-6-4-3-5-7-15)18(14-25)23(26)28(19)16-8-10-17(11-9-16)32(27,30)31/h3-11,21H,12-13,26H2,1-2H3,(H2,27,30,31). The van der Waals surface area contributed by atoms with Gasteiger partial charge in [-0.05, 0) is 41.7 Å². The predicted octanol–water partition coefficient (Wildman–Crippen LogP) is 3.27. The molecular formula is C24H24N4O3S. The zero-order valence-corrected chi connectivity index (χ0v) is 18.7. The minimum absolute atomic E-state index is 0.0171. The molecule has 4 rings (SSSR count). The van der Waals surface area contributed by atoms with E-state index in [2.05, 4.69) is 6.07 Å². The average molecular weight is 449 g/mol. The lowest BCUT2D eigenvalue weighted by atomic mass is 9.68.